The molecule has 0 bridgehead atoms. The lowest BCUT2D eigenvalue weighted by molar-refractivity contribution is -0.137. The van der Waals surface area contributed by atoms with Crippen molar-refractivity contribution in [2.24, 2.45) is 0 Å². The van der Waals surface area contributed by atoms with Crippen LogP contribution in [0.3, 0.4) is 0 Å². The number of nitrogens with zero attached hydrogens (tertiary/aromatic N) is 2. The lowest BCUT2D eigenvalue weighted by Crippen LogP contribution is -2.45. The molecular weight excluding hydrogens is 248 g/mol. The molecule has 1 aromatic heterocycles. The van der Waals surface area contributed by atoms with Gasteiger partial charge in [-0.05, 0) is 20.8 Å². The van der Waals surface area contributed by atoms with Crippen molar-refractivity contribution in [3.8, 4) is 0 Å². The number of urea groups is 1. The Hall–Kier alpha value is -2.05. The maximum absolute atomic E-state index is 12.1. The number of aliphatic carboxylic acids is 1. The van der Waals surface area contributed by atoms with Crippen molar-refractivity contribution in [3.05, 3.63) is 18.2 Å². The second kappa shape index (κ2) is 6.77. The van der Waals surface area contributed by atoms with Gasteiger partial charge in [0.25, 0.3) is 0 Å². The van der Waals surface area contributed by atoms with Gasteiger partial charge in [0.15, 0.2) is 0 Å². The van der Waals surface area contributed by atoms with E-state index in [1.54, 1.807) is 12.4 Å². The van der Waals surface area contributed by atoms with Crippen LogP contribution in [0.25, 0.3) is 0 Å². The fraction of sp³-hybridized carbons (Fsp3) is 0.583. The van der Waals surface area contributed by atoms with Crippen LogP contribution >= 0.6 is 0 Å². The first-order valence-corrected chi connectivity index (χ1v) is 6.20. The first kappa shape index (κ1) is 15.0. The predicted octanol–water partition coefficient (Wildman–Crippen LogP) is 1.37. The van der Waals surface area contributed by atoms with Crippen molar-refractivity contribution in [2.75, 3.05) is 6.54 Å². The van der Waals surface area contributed by atoms with E-state index >= 15 is 0 Å². The fourth-order valence-electron chi connectivity index (χ4n) is 1.66. The minimum atomic E-state index is -0.919. The molecular formula is C12H20N4O3. The molecule has 106 valence electrons. The third-order valence-electron chi connectivity index (χ3n) is 2.72. The summed E-state index contributed by atoms with van der Waals surface area (Å²) in [5.74, 6) is -0.257. The normalized spacial score (nSPS) is 12.2. The van der Waals surface area contributed by atoms with Crippen molar-refractivity contribution in [1.82, 2.24) is 20.2 Å². The molecule has 1 aromatic rings. The van der Waals surface area contributed by atoms with Crippen LogP contribution in [0.5, 0.6) is 0 Å². The van der Waals surface area contributed by atoms with Crippen LogP contribution in [0.2, 0.25) is 0 Å². The zero-order chi connectivity index (χ0) is 14.4. The summed E-state index contributed by atoms with van der Waals surface area (Å²) in [5.41, 5.74) is 0. The van der Waals surface area contributed by atoms with Gasteiger partial charge in [0.2, 0.25) is 0 Å². The number of H-pyrrole nitrogens is 1. The average molecular weight is 268 g/mol. The smallest absolute Gasteiger partial charge is 0.318 e. The predicted molar refractivity (Wildman–Crippen MR) is 69.6 cm³/mol. The Bertz CT molecular complexity index is 417. The van der Waals surface area contributed by atoms with Crippen LogP contribution in [0.15, 0.2) is 12.4 Å². The van der Waals surface area contributed by atoms with Crippen molar-refractivity contribution in [3.63, 3.8) is 0 Å². The monoisotopic (exact) mass is 268 g/mol. The quantitative estimate of drug-likeness (QED) is 0.725. The van der Waals surface area contributed by atoms with Crippen LogP contribution in [-0.2, 0) is 4.79 Å². The number of nitrogens with one attached hydrogen (secondary N) is 2. The summed E-state index contributed by atoms with van der Waals surface area (Å²) in [6, 6.07) is -0.614. The van der Waals surface area contributed by atoms with Gasteiger partial charge < -0.3 is 20.3 Å². The maximum Gasteiger partial charge on any atom is 0.318 e. The summed E-state index contributed by atoms with van der Waals surface area (Å²) in [6.07, 6.45) is 3.23. The number of rotatable bonds is 6. The molecule has 1 unspecified atom stereocenters. The minimum Gasteiger partial charge on any atom is -0.481 e. The van der Waals surface area contributed by atoms with E-state index in [1.807, 2.05) is 20.8 Å². The molecule has 0 aliphatic heterocycles. The SMILES string of the molecule is CC(NC(=O)N(CCC(=O)O)C(C)C)c1ncc[nH]1. The lowest BCUT2D eigenvalue weighted by atomic mass is 10.3. The molecule has 7 heteroatoms. The Morgan fingerprint density at radius 2 is 2.16 bits per heavy atom. The molecule has 1 rings (SSSR count). The van der Waals surface area contributed by atoms with Crippen LogP contribution in [0, 0.1) is 0 Å². The summed E-state index contributed by atoms with van der Waals surface area (Å²) < 4.78 is 0. The summed E-state index contributed by atoms with van der Waals surface area (Å²) in [6.45, 7) is 5.69. The number of aromatic nitrogens is 2. The van der Waals surface area contributed by atoms with Gasteiger partial charge in [-0.3, -0.25) is 4.79 Å². The zero-order valence-corrected chi connectivity index (χ0v) is 11.4. The molecule has 0 aromatic carbocycles. The van der Waals surface area contributed by atoms with Crippen molar-refractivity contribution in [2.45, 2.75) is 39.3 Å². The highest BCUT2D eigenvalue weighted by molar-refractivity contribution is 5.76. The Kier molecular flexibility index (Phi) is 5.35. The average Bonchev–Trinajstić information content (AvgIpc) is 2.81. The minimum absolute atomic E-state index is 0.0665. The van der Waals surface area contributed by atoms with Crippen molar-refractivity contribution in [1.29, 1.82) is 0 Å². The van der Waals surface area contributed by atoms with Crippen molar-refractivity contribution < 1.29 is 14.7 Å². The number of carboxylic acid groups (broad SMARTS) is 1. The summed E-state index contributed by atoms with van der Waals surface area (Å²) >= 11 is 0. The topological polar surface area (TPSA) is 98.3 Å². The third kappa shape index (κ3) is 4.61. The number of aromatic amines is 1. The third-order valence-corrected chi connectivity index (χ3v) is 2.72. The number of hydrogen-bond acceptors (Lipinski definition) is 3. The largest absolute Gasteiger partial charge is 0.481 e. The summed E-state index contributed by atoms with van der Waals surface area (Å²) in [7, 11) is 0. The Morgan fingerprint density at radius 1 is 1.47 bits per heavy atom. The Labute approximate surface area is 112 Å². The van der Waals surface area contributed by atoms with Gasteiger partial charge >= 0.3 is 12.0 Å². The van der Waals surface area contributed by atoms with E-state index < -0.39 is 5.97 Å². The van der Waals surface area contributed by atoms with E-state index in [-0.39, 0.29) is 31.1 Å². The molecule has 19 heavy (non-hydrogen) atoms. The first-order valence-electron chi connectivity index (χ1n) is 6.20. The fourth-order valence-corrected chi connectivity index (χ4v) is 1.66. The van der Waals surface area contributed by atoms with Gasteiger partial charge in [-0.1, -0.05) is 0 Å². The Morgan fingerprint density at radius 3 is 2.63 bits per heavy atom. The highest BCUT2D eigenvalue weighted by atomic mass is 16.4. The molecule has 1 heterocycles. The molecule has 0 saturated carbocycles. The second-order valence-electron chi connectivity index (χ2n) is 4.58. The summed E-state index contributed by atoms with van der Waals surface area (Å²) in [5, 5.41) is 11.5. The maximum atomic E-state index is 12.1. The number of imidazole rings is 1. The van der Waals surface area contributed by atoms with Gasteiger partial charge in [0.1, 0.15) is 5.82 Å². The number of carbonyl (C=O) groups excluding carboxylic acids is 1. The van der Waals surface area contributed by atoms with E-state index in [4.69, 9.17) is 5.11 Å². The van der Waals surface area contributed by atoms with Crippen LogP contribution in [-0.4, -0.2) is 44.6 Å². The van der Waals surface area contributed by atoms with Crippen molar-refractivity contribution >= 4 is 12.0 Å². The molecule has 0 aliphatic rings. The first-order chi connectivity index (χ1) is 8.91. The van der Waals surface area contributed by atoms with E-state index in [0.29, 0.717) is 5.82 Å². The zero-order valence-electron chi connectivity index (χ0n) is 11.4. The van der Waals surface area contributed by atoms with Gasteiger partial charge in [0, 0.05) is 25.0 Å². The molecule has 1 atom stereocenters. The van der Waals surface area contributed by atoms with Gasteiger partial charge in [-0.15, -0.1) is 0 Å². The molecule has 2 amide bonds. The number of amides is 2. The molecule has 0 radical (unpaired) electrons. The molecule has 0 aliphatic carbocycles. The molecule has 0 saturated heterocycles. The number of hydrogen-bond donors (Lipinski definition) is 3. The second-order valence-corrected chi connectivity index (χ2v) is 4.58. The highest BCUT2D eigenvalue weighted by Gasteiger charge is 2.20. The molecule has 0 spiro atoms. The van der Waals surface area contributed by atoms with Crippen LogP contribution < -0.4 is 5.32 Å². The molecule has 0 fully saturated rings. The van der Waals surface area contributed by atoms with Gasteiger partial charge in [-0.25, -0.2) is 9.78 Å². The number of carbonyl (C=O) groups is 2. The summed E-state index contributed by atoms with van der Waals surface area (Å²) in [4.78, 5) is 31.1. The van der Waals surface area contributed by atoms with E-state index in [2.05, 4.69) is 15.3 Å². The standard InChI is InChI=1S/C12H20N4O3/c1-8(2)16(7-4-10(17)18)12(19)15-9(3)11-13-5-6-14-11/h5-6,8-9H,4,7H2,1-3H3,(H,13,14)(H,15,19)(H,17,18). The number of carboxylic acids is 1. The van der Waals surface area contributed by atoms with E-state index in [1.165, 1.54) is 4.90 Å². The highest BCUT2D eigenvalue weighted by Crippen LogP contribution is 2.08. The van der Waals surface area contributed by atoms with E-state index in [9.17, 15) is 9.59 Å². The van der Waals surface area contributed by atoms with Crippen LogP contribution in [0.4, 0.5) is 4.79 Å². The Balaban J connectivity index is 2.59. The molecule has 3 N–H and O–H groups in total. The molecule has 7 nitrogen and oxygen atoms in total. The van der Waals surface area contributed by atoms with Crippen LogP contribution in [0.1, 0.15) is 39.1 Å². The van der Waals surface area contributed by atoms with Gasteiger partial charge in [0.05, 0.1) is 12.5 Å². The van der Waals surface area contributed by atoms with E-state index in [0.717, 1.165) is 0 Å². The van der Waals surface area contributed by atoms with Gasteiger partial charge in [-0.2, -0.15) is 0 Å². The lowest BCUT2D eigenvalue weighted by Gasteiger charge is -2.27.